The third-order valence-corrected chi connectivity index (χ3v) is 3.58. The van der Waals surface area contributed by atoms with Gasteiger partial charge < -0.3 is 10.2 Å². The van der Waals surface area contributed by atoms with Crippen LogP contribution in [-0.2, 0) is 6.54 Å². The van der Waals surface area contributed by atoms with Gasteiger partial charge in [-0.1, -0.05) is 30.3 Å². The summed E-state index contributed by atoms with van der Waals surface area (Å²) in [5.41, 5.74) is 2.51. The lowest BCUT2D eigenvalue weighted by Gasteiger charge is -2.27. The van der Waals surface area contributed by atoms with Crippen molar-refractivity contribution in [1.29, 1.82) is 0 Å². The average molecular weight is 325 g/mol. The van der Waals surface area contributed by atoms with Gasteiger partial charge in [0.15, 0.2) is 0 Å². The van der Waals surface area contributed by atoms with Gasteiger partial charge in [0.2, 0.25) is 0 Å². The van der Waals surface area contributed by atoms with Crippen molar-refractivity contribution in [3.8, 4) is 0 Å². The first-order valence-electron chi connectivity index (χ1n) is 8.34. The van der Waals surface area contributed by atoms with Gasteiger partial charge in [0.25, 0.3) is 5.91 Å². The van der Waals surface area contributed by atoms with E-state index in [1.54, 1.807) is 12.4 Å². The molecule has 0 fully saturated rings. The Labute approximate surface area is 144 Å². The molecule has 0 bridgehead atoms. The summed E-state index contributed by atoms with van der Waals surface area (Å²) >= 11 is 0. The molecule has 1 aromatic heterocycles. The Balaban J connectivity index is 2.22. The second-order valence-corrected chi connectivity index (χ2v) is 7.35. The van der Waals surface area contributed by atoms with E-state index in [-0.39, 0.29) is 17.5 Å². The van der Waals surface area contributed by atoms with Crippen LogP contribution in [0.2, 0.25) is 0 Å². The number of benzene rings is 1. The molecule has 0 aliphatic heterocycles. The number of amides is 1. The fraction of sp³-hybridized carbons (Fsp3) is 0.400. The zero-order valence-corrected chi connectivity index (χ0v) is 15.2. The number of hydrogen-bond donors (Lipinski definition) is 1. The fourth-order valence-electron chi connectivity index (χ4n) is 2.49. The maximum absolute atomic E-state index is 13.0. The highest BCUT2D eigenvalue weighted by molar-refractivity contribution is 5.95. The Kier molecular flexibility index (Phi) is 5.60. The lowest BCUT2D eigenvalue weighted by Crippen LogP contribution is -2.36. The summed E-state index contributed by atoms with van der Waals surface area (Å²) in [6.07, 6.45) is 3.38. The number of anilines is 1. The minimum atomic E-state index is -0.0782. The summed E-state index contributed by atoms with van der Waals surface area (Å²) in [4.78, 5) is 19.1. The molecule has 4 heteroatoms. The molecule has 4 nitrogen and oxygen atoms in total. The first-order chi connectivity index (χ1) is 11.3. The van der Waals surface area contributed by atoms with Crippen LogP contribution in [0, 0.1) is 0 Å². The van der Waals surface area contributed by atoms with Crippen LogP contribution < -0.4 is 5.32 Å². The Morgan fingerprint density at radius 3 is 2.42 bits per heavy atom. The standard InChI is InChI=1S/C20H27N3O/c1-15(2)23(14-16-9-7-6-8-10-16)19(24)17-11-18(13-21-12-17)22-20(3,4)5/h6-13,15,22H,14H2,1-5H3. The van der Waals surface area contributed by atoms with E-state index in [1.165, 1.54) is 0 Å². The number of carbonyl (C=O) groups is 1. The van der Waals surface area contributed by atoms with Crippen molar-refractivity contribution in [2.45, 2.75) is 52.7 Å². The maximum atomic E-state index is 13.0. The predicted octanol–water partition coefficient (Wildman–Crippen LogP) is 4.34. The molecule has 2 aromatic rings. The van der Waals surface area contributed by atoms with Gasteiger partial charge in [-0.2, -0.15) is 0 Å². The van der Waals surface area contributed by atoms with Gasteiger partial charge in [-0.3, -0.25) is 9.78 Å². The molecular weight excluding hydrogens is 298 g/mol. The van der Waals surface area contributed by atoms with Crippen molar-refractivity contribution in [1.82, 2.24) is 9.88 Å². The number of nitrogens with zero attached hydrogens (tertiary/aromatic N) is 2. The van der Waals surface area contributed by atoms with Crippen LogP contribution in [0.4, 0.5) is 5.69 Å². The molecule has 0 atom stereocenters. The summed E-state index contributed by atoms with van der Waals surface area (Å²) in [6.45, 7) is 10.9. The average Bonchev–Trinajstić information content (AvgIpc) is 2.51. The lowest BCUT2D eigenvalue weighted by molar-refractivity contribution is 0.0690. The van der Waals surface area contributed by atoms with Gasteiger partial charge >= 0.3 is 0 Å². The highest BCUT2D eigenvalue weighted by Gasteiger charge is 2.20. The van der Waals surface area contributed by atoms with Gasteiger partial charge in [-0.05, 0) is 46.2 Å². The molecule has 0 unspecified atom stereocenters. The maximum Gasteiger partial charge on any atom is 0.256 e. The van der Waals surface area contributed by atoms with Crippen LogP contribution in [0.25, 0.3) is 0 Å². The fourth-order valence-corrected chi connectivity index (χ4v) is 2.49. The van der Waals surface area contributed by atoms with E-state index in [4.69, 9.17) is 0 Å². The van der Waals surface area contributed by atoms with E-state index in [2.05, 4.69) is 31.1 Å². The number of pyridine rings is 1. The van der Waals surface area contributed by atoms with E-state index in [9.17, 15) is 4.79 Å². The summed E-state index contributed by atoms with van der Waals surface area (Å²) < 4.78 is 0. The van der Waals surface area contributed by atoms with Gasteiger partial charge in [0.05, 0.1) is 11.3 Å². The Morgan fingerprint density at radius 1 is 1.17 bits per heavy atom. The molecule has 128 valence electrons. The molecule has 0 saturated heterocycles. The molecule has 2 rings (SSSR count). The molecule has 1 aromatic carbocycles. The number of hydrogen-bond acceptors (Lipinski definition) is 3. The van der Waals surface area contributed by atoms with Crippen molar-refractivity contribution in [2.24, 2.45) is 0 Å². The van der Waals surface area contributed by atoms with Crippen molar-refractivity contribution in [2.75, 3.05) is 5.32 Å². The zero-order valence-electron chi connectivity index (χ0n) is 15.2. The molecule has 1 amide bonds. The van der Waals surface area contributed by atoms with Gasteiger partial charge in [0.1, 0.15) is 0 Å². The first-order valence-corrected chi connectivity index (χ1v) is 8.34. The summed E-state index contributed by atoms with van der Waals surface area (Å²) in [7, 11) is 0. The van der Waals surface area contributed by atoms with Crippen LogP contribution in [-0.4, -0.2) is 27.4 Å². The van der Waals surface area contributed by atoms with Crippen LogP contribution >= 0.6 is 0 Å². The van der Waals surface area contributed by atoms with Crippen molar-refractivity contribution >= 4 is 11.6 Å². The van der Waals surface area contributed by atoms with Crippen LogP contribution in [0.15, 0.2) is 48.8 Å². The third-order valence-electron chi connectivity index (χ3n) is 3.58. The molecule has 0 radical (unpaired) electrons. The summed E-state index contributed by atoms with van der Waals surface area (Å²) in [5.74, 6) is -0.00101. The van der Waals surface area contributed by atoms with Gasteiger partial charge in [0, 0.05) is 30.5 Å². The molecule has 0 aliphatic carbocycles. The van der Waals surface area contributed by atoms with Gasteiger partial charge in [-0.25, -0.2) is 0 Å². The molecular formula is C20H27N3O. The number of rotatable bonds is 5. The van der Waals surface area contributed by atoms with E-state index >= 15 is 0 Å². The van der Waals surface area contributed by atoms with Gasteiger partial charge in [-0.15, -0.1) is 0 Å². The topological polar surface area (TPSA) is 45.2 Å². The second kappa shape index (κ2) is 7.47. The molecule has 1 heterocycles. The molecule has 0 spiro atoms. The van der Waals surface area contributed by atoms with Crippen molar-refractivity contribution in [3.05, 3.63) is 59.9 Å². The Bertz CT molecular complexity index is 675. The second-order valence-electron chi connectivity index (χ2n) is 7.35. The van der Waals surface area contributed by atoms with E-state index in [1.807, 2.05) is 55.1 Å². The van der Waals surface area contributed by atoms with E-state index in [0.717, 1.165) is 11.3 Å². The minimum Gasteiger partial charge on any atom is -0.379 e. The number of carbonyl (C=O) groups excluding carboxylic acids is 1. The first kappa shape index (κ1) is 18.0. The molecule has 0 aliphatic rings. The van der Waals surface area contributed by atoms with E-state index < -0.39 is 0 Å². The third kappa shape index (κ3) is 5.08. The molecule has 24 heavy (non-hydrogen) atoms. The quantitative estimate of drug-likeness (QED) is 0.889. The predicted molar refractivity (Wildman–Crippen MR) is 99.1 cm³/mol. The summed E-state index contributed by atoms with van der Waals surface area (Å²) in [6, 6.07) is 12.0. The lowest BCUT2D eigenvalue weighted by atomic mass is 10.1. The normalized spacial score (nSPS) is 11.4. The van der Waals surface area contributed by atoms with E-state index in [0.29, 0.717) is 12.1 Å². The number of nitrogens with one attached hydrogen (secondary N) is 1. The highest BCUT2D eigenvalue weighted by atomic mass is 16.2. The Morgan fingerprint density at radius 2 is 1.83 bits per heavy atom. The Hall–Kier alpha value is -2.36. The highest BCUT2D eigenvalue weighted by Crippen LogP contribution is 2.18. The summed E-state index contributed by atoms with van der Waals surface area (Å²) in [5, 5.41) is 3.36. The SMILES string of the molecule is CC(C)N(Cc1ccccc1)C(=O)c1cncc(NC(C)(C)C)c1. The molecule has 0 saturated carbocycles. The van der Waals surface area contributed by atoms with Crippen molar-refractivity contribution < 1.29 is 4.79 Å². The van der Waals surface area contributed by atoms with Crippen molar-refractivity contribution in [3.63, 3.8) is 0 Å². The van der Waals surface area contributed by atoms with Crippen LogP contribution in [0.3, 0.4) is 0 Å². The smallest absolute Gasteiger partial charge is 0.256 e. The molecule has 1 N–H and O–H groups in total. The van der Waals surface area contributed by atoms with Crippen LogP contribution in [0.1, 0.15) is 50.5 Å². The monoisotopic (exact) mass is 325 g/mol. The minimum absolute atomic E-state index is 0.00101. The zero-order chi connectivity index (χ0) is 17.7. The number of aromatic nitrogens is 1. The van der Waals surface area contributed by atoms with Crippen LogP contribution in [0.5, 0.6) is 0 Å². The largest absolute Gasteiger partial charge is 0.379 e.